The van der Waals surface area contributed by atoms with Crippen molar-refractivity contribution in [2.24, 2.45) is 0 Å². The molecular formula is C12H17BrF2N2. The van der Waals surface area contributed by atoms with E-state index in [4.69, 9.17) is 0 Å². The van der Waals surface area contributed by atoms with E-state index >= 15 is 0 Å². The number of hydrogen-bond donors (Lipinski definition) is 2. The summed E-state index contributed by atoms with van der Waals surface area (Å²) in [7, 11) is 0. The van der Waals surface area contributed by atoms with Gasteiger partial charge in [-0.3, -0.25) is 0 Å². The third-order valence-corrected chi connectivity index (χ3v) is 2.71. The van der Waals surface area contributed by atoms with Gasteiger partial charge in [-0.1, -0.05) is 0 Å². The Balaban J connectivity index is 2.53. The van der Waals surface area contributed by atoms with Crippen LogP contribution in [-0.2, 0) is 0 Å². The predicted molar refractivity (Wildman–Crippen MR) is 70.3 cm³/mol. The third-order valence-electron chi connectivity index (χ3n) is 2.09. The van der Waals surface area contributed by atoms with E-state index in [1.165, 1.54) is 6.07 Å². The first-order valence-electron chi connectivity index (χ1n) is 5.43. The number of benzene rings is 1. The lowest BCUT2D eigenvalue weighted by Gasteiger charge is -2.21. The summed E-state index contributed by atoms with van der Waals surface area (Å²) >= 11 is 3.13. The van der Waals surface area contributed by atoms with Gasteiger partial charge in [-0.05, 0) is 42.8 Å². The molecule has 2 N–H and O–H groups in total. The van der Waals surface area contributed by atoms with Gasteiger partial charge in [0.1, 0.15) is 11.6 Å². The lowest BCUT2D eigenvalue weighted by Crippen LogP contribution is -2.38. The second kappa shape index (κ2) is 5.78. The summed E-state index contributed by atoms with van der Waals surface area (Å²) in [4.78, 5) is 0. The van der Waals surface area contributed by atoms with Crippen LogP contribution >= 0.6 is 15.9 Å². The van der Waals surface area contributed by atoms with Crippen molar-refractivity contribution < 1.29 is 8.78 Å². The molecule has 0 atom stereocenters. The molecule has 0 saturated carbocycles. The first kappa shape index (κ1) is 14.4. The van der Waals surface area contributed by atoms with E-state index in [9.17, 15) is 8.78 Å². The molecule has 96 valence electrons. The monoisotopic (exact) mass is 306 g/mol. The van der Waals surface area contributed by atoms with Crippen LogP contribution in [0.25, 0.3) is 0 Å². The zero-order chi connectivity index (χ0) is 13.1. The predicted octanol–water partition coefficient (Wildman–Crippen LogP) is 3.53. The van der Waals surface area contributed by atoms with E-state index in [1.54, 1.807) is 0 Å². The minimum atomic E-state index is -0.590. The maximum absolute atomic E-state index is 13.4. The van der Waals surface area contributed by atoms with E-state index in [-0.39, 0.29) is 5.54 Å². The fourth-order valence-electron chi connectivity index (χ4n) is 1.34. The topological polar surface area (TPSA) is 24.1 Å². The van der Waals surface area contributed by atoms with Gasteiger partial charge in [0.2, 0.25) is 0 Å². The van der Waals surface area contributed by atoms with Crippen LogP contribution in [-0.4, -0.2) is 18.6 Å². The van der Waals surface area contributed by atoms with Gasteiger partial charge >= 0.3 is 0 Å². The Morgan fingerprint density at radius 3 is 2.35 bits per heavy atom. The van der Waals surface area contributed by atoms with E-state index in [1.807, 2.05) is 0 Å². The van der Waals surface area contributed by atoms with Crippen molar-refractivity contribution in [2.45, 2.75) is 26.3 Å². The summed E-state index contributed by atoms with van der Waals surface area (Å²) in [5.74, 6) is -1.18. The normalized spacial score (nSPS) is 11.6. The van der Waals surface area contributed by atoms with E-state index in [2.05, 4.69) is 47.3 Å². The van der Waals surface area contributed by atoms with Crippen molar-refractivity contribution >= 4 is 21.6 Å². The maximum atomic E-state index is 13.4. The Hall–Kier alpha value is -0.680. The van der Waals surface area contributed by atoms with Crippen LogP contribution in [0.1, 0.15) is 20.8 Å². The molecule has 0 aliphatic rings. The van der Waals surface area contributed by atoms with Crippen molar-refractivity contribution in [3.63, 3.8) is 0 Å². The molecule has 2 nitrogen and oxygen atoms in total. The molecular weight excluding hydrogens is 290 g/mol. The largest absolute Gasteiger partial charge is 0.380 e. The van der Waals surface area contributed by atoms with Gasteiger partial charge in [0.05, 0.1) is 5.69 Å². The summed E-state index contributed by atoms with van der Waals surface area (Å²) < 4.78 is 26.7. The van der Waals surface area contributed by atoms with Crippen molar-refractivity contribution in [3.8, 4) is 0 Å². The molecule has 5 heteroatoms. The highest BCUT2D eigenvalue weighted by Gasteiger charge is 2.10. The molecule has 0 fully saturated rings. The zero-order valence-electron chi connectivity index (χ0n) is 10.2. The molecule has 1 rings (SSSR count). The van der Waals surface area contributed by atoms with Crippen molar-refractivity contribution in [2.75, 3.05) is 18.4 Å². The average molecular weight is 307 g/mol. The molecule has 17 heavy (non-hydrogen) atoms. The van der Waals surface area contributed by atoms with E-state index < -0.39 is 11.6 Å². The second-order valence-electron chi connectivity index (χ2n) is 4.85. The second-order valence-corrected chi connectivity index (χ2v) is 5.70. The molecule has 0 aliphatic heterocycles. The van der Waals surface area contributed by atoms with E-state index in [0.717, 1.165) is 6.07 Å². The molecule has 1 aromatic rings. The van der Waals surface area contributed by atoms with Crippen LogP contribution < -0.4 is 10.6 Å². The van der Waals surface area contributed by atoms with Crippen LogP contribution in [0.5, 0.6) is 0 Å². The van der Waals surface area contributed by atoms with Gasteiger partial charge < -0.3 is 10.6 Å². The lowest BCUT2D eigenvalue weighted by molar-refractivity contribution is 0.435. The van der Waals surface area contributed by atoms with Crippen molar-refractivity contribution in [1.82, 2.24) is 5.32 Å². The fourth-order valence-corrected chi connectivity index (χ4v) is 1.88. The molecule has 0 amide bonds. The highest BCUT2D eigenvalue weighted by Crippen LogP contribution is 2.26. The molecule has 0 heterocycles. The number of hydrogen-bond acceptors (Lipinski definition) is 2. The summed E-state index contributed by atoms with van der Waals surface area (Å²) in [5, 5.41) is 6.20. The van der Waals surface area contributed by atoms with Crippen LogP contribution in [0.3, 0.4) is 0 Å². The Kier molecular flexibility index (Phi) is 4.89. The van der Waals surface area contributed by atoms with Crippen LogP contribution in [0.15, 0.2) is 16.6 Å². The lowest BCUT2D eigenvalue weighted by atomic mass is 10.1. The molecule has 0 radical (unpaired) electrons. The molecule has 0 spiro atoms. The average Bonchev–Trinajstić information content (AvgIpc) is 2.13. The van der Waals surface area contributed by atoms with Crippen LogP contribution in [0.2, 0.25) is 0 Å². The first-order chi connectivity index (χ1) is 7.79. The summed E-state index contributed by atoms with van der Waals surface area (Å²) in [5.41, 5.74) is 0.322. The molecule has 1 aromatic carbocycles. The smallest absolute Gasteiger partial charge is 0.150 e. The summed E-state index contributed by atoms with van der Waals surface area (Å²) in [6.07, 6.45) is 0. The minimum absolute atomic E-state index is 0.0280. The molecule has 0 aliphatic carbocycles. The van der Waals surface area contributed by atoms with Gasteiger partial charge in [-0.2, -0.15) is 0 Å². The highest BCUT2D eigenvalue weighted by molar-refractivity contribution is 9.10. The highest BCUT2D eigenvalue weighted by atomic mass is 79.9. The Bertz CT molecular complexity index is 366. The number of anilines is 1. The van der Waals surface area contributed by atoms with Gasteiger partial charge in [0, 0.05) is 29.2 Å². The standard InChI is InChI=1S/C12H17BrF2N2/c1-12(2,3)17-5-4-16-11-9(13)6-8(14)7-10(11)15/h6-7,16-17H,4-5H2,1-3H3. The number of rotatable bonds is 4. The van der Waals surface area contributed by atoms with Crippen LogP contribution in [0.4, 0.5) is 14.5 Å². The number of nitrogens with one attached hydrogen (secondary N) is 2. The zero-order valence-corrected chi connectivity index (χ0v) is 11.8. The third kappa shape index (κ3) is 5.00. The molecule has 0 bridgehead atoms. The summed E-state index contributed by atoms with van der Waals surface area (Å²) in [6, 6.07) is 2.10. The Morgan fingerprint density at radius 1 is 1.18 bits per heavy atom. The fraction of sp³-hybridized carbons (Fsp3) is 0.500. The van der Waals surface area contributed by atoms with Gasteiger partial charge in [0.25, 0.3) is 0 Å². The van der Waals surface area contributed by atoms with Gasteiger partial charge in [0.15, 0.2) is 0 Å². The van der Waals surface area contributed by atoms with E-state index in [0.29, 0.717) is 23.2 Å². The Labute approximate surface area is 109 Å². The van der Waals surface area contributed by atoms with Gasteiger partial charge in [-0.25, -0.2) is 8.78 Å². The Morgan fingerprint density at radius 2 is 1.82 bits per heavy atom. The van der Waals surface area contributed by atoms with Crippen LogP contribution in [0, 0.1) is 11.6 Å². The number of halogens is 3. The van der Waals surface area contributed by atoms with Gasteiger partial charge in [-0.15, -0.1) is 0 Å². The van der Waals surface area contributed by atoms with Crippen molar-refractivity contribution in [3.05, 3.63) is 28.2 Å². The SMILES string of the molecule is CC(C)(C)NCCNc1c(F)cc(F)cc1Br. The quantitative estimate of drug-likeness (QED) is 0.832. The minimum Gasteiger partial charge on any atom is -0.380 e. The summed E-state index contributed by atoms with van der Waals surface area (Å²) in [6.45, 7) is 7.44. The first-order valence-corrected chi connectivity index (χ1v) is 6.22. The molecule has 0 unspecified atom stereocenters. The maximum Gasteiger partial charge on any atom is 0.150 e. The molecule has 0 saturated heterocycles. The van der Waals surface area contributed by atoms with Crippen molar-refractivity contribution in [1.29, 1.82) is 0 Å². The molecule has 0 aromatic heterocycles.